The van der Waals surface area contributed by atoms with Crippen LogP contribution in [0.4, 0.5) is 0 Å². The number of rotatable bonds is 4. The van der Waals surface area contributed by atoms with Gasteiger partial charge in [-0.3, -0.25) is 0 Å². The molecule has 7 nitrogen and oxygen atoms in total. The van der Waals surface area contributed by atoms with Gasteiger partial charge in [0.05, 0.1) is 5.54 Å². The van der Waals surface area contributed by atoms with Crippen molar-refractivity contribution in [3.63, 3.8) is 0 Å². The Balaban J connectivity index is 2.98. The van der Waals surface area contributed by atoms with E-state index in [2.05, 4.69) is 21.5 Å². The van der Waals surface area contributed by atoms with Gasteiger partial charge in [0.25, 0.3) is 10.2 Å². The van der Waals surface area contributed by atoms with Gasteiger partial charge in [-0.15, -0.1) is 0 Å². The molecule has 118 valence electrons. The Morgan fingerprint density at radius 2 is 1.85 bits per heavy atom. The number of nitrogens with zero attached hydrogens (tertiary/aromatic N) is 1. The molecule has 0 heterocycles. The van der Waals surface area contributed by atoms with Crippen LogP contribution in [0.1, 0.15) is 53.4 Å². The van der Waals surface area contributed by atoms with Gasteiger partial charge in [-0.25, -0.2) is 0 Å². The number of nitrogens with two attached hydrogens (primary N) is 1. The minimum Gasteiger partial charge on any atom is -0.409 e. The smallest absolute Gasteiger partial charge is 0.278 e. The topological polar surface area (TPSA) is 117 Å². The molecule has 1 fully saturated rings. The number of hydrogen-bond donors (Lipinski definition) is 4. The summed E-state index contributed by atoms with van der Waals surface area (Å²) in [5, 5.41) is 12.0. The molecule has 1 saturated carbocycles. The van der Waals surface area contributed by atoms with Crippen molar-refractivity contribution in [3.8, 4) is 0 Å². The van der Waals surface area contributed by atoms with Crippen LogP contribution in [0, 0.1) is 5.92 Å². The Labute approximate surface area is 121 Å². The molecular weight excluding hydrogens is 280 g/mol. The van der Waals surface area contributed by atoms with E-state index in [1.165, 1.54) is 0 Å². The van der Waals surface area contributed by atoms with Crippen LogP contribution >= 0.6 is 0 Å². The fourth-order valence-electron chi connectivity index (χ4n) is 2.45. The van der Waals surface area contributed by atoms with Crippen LogP contribution in [0.25, 0.3) is 0 Å². The largest absolute Gasteiger partial charge is 0.409 e. The fourth-order valence-corrected chi connectivity index (χ4v) is 4.13. The van der Waals surface area contributed by atoms with Crippen LogP contribution in [-0.4, -0.2) is 30.5 Å². The number of hydrogen-bond acceptors (Lipinski definition) is 4. The Morgan fingerprint density at radius 3 is 2.25 bits per heavy atom. The van der Waals surface area contributed by atoms with Crippen LogP contribution in [0.2, 0.25) is 0 Å². The molecule has 8 heteroatoms. The van der Waals surface area contributed by atoms with Crippen molar-refractivity contribution in [2.45, 2.75) is 64.5 Å². The van der Waals surface area contributed by atoms with Gasteiger partial charge in [-0.1, -0.05) is 12.1 Å². The van der Waals surface area contributed by atoms with Crippen molar-refractivity contribution in [1.29, 1.82) is 0 Å². The highest BCUT2D eigenvalue weighted by atomic mass is 32.2. The lowest BCUT2D eigenvalue weighted by Gasteiger charge is -2.39. The molecule has 5 N–H and O–H groups in total. The van der Waals surface area contributed by atoms with Crippen LogP contribution < -0.4 is 15.2 Å². The third kappa shape index (κ3) is 4.60. The van der Waals surface area contributed by atoms with Crippen molar-refractivity contribution in [2.75, 3.05) is 0 Å². The fraction of sp³-hybridized carbons (Fsp3) is 0.917. The average molecular weight is 306 g/mol. The van der Waals surface area contributed by atoms with Crippen LogP contribution in [0.5, 0.6) is 0 Å². The third-order valence-electron chi connectivity index (χ3n) is 3.50. The quantitative estimate of drug-likeness (QED) is 0.267. The molecule has 0 aromatic rings. The van der Waals surface area contributed by atoms with Crippen molar-refractivity contribution < 1.29 is 13.6 Å². The van der Waals surface area contributed by atoms with Gasteiger partial charge in [0, 0.05) is 5.54 Å². The van der Waals surface area contributed by atoms with E-state index >= 15 is 0 Å². The van der Waals surface area contributed by atoms with Crippen molar-refractivity contribution >= 4 is 16.0 Å². The summed E-state index contributed by atoms with van der Waals surface area (Å²) < 4.78 is 29.5. The Bertz CT molecular complexity index is 460. The van der Waals surface area contributed by atoms with E-state index in [1.807, 2.05) is 0 Å². The van der Waals surface area contributed by atoms with E-state index in [4.69, 9.17) is 10.9 Å². The third-order valence-corrected chi connectivity index (χ3v) is 5.04. The van der Waals surface area contributed by atoms with Crippen LogP contribution in [-0.2, 0) is 10.2 Å². The predicted molar refractivity (Wildman–Crippen MR) is 78.7 cm³/mol. The molecule has 1 rings (SSSR count). The molecule has 20 heavy (non-hydrogen) atoms. The van der Waals surface area contributed by atoms with Gasteiger partial charge in [-0.05, 0) is 52.4 Å². The Morgan fingerprint density at radius 1 is 1.35 bits per heavy atom. The standard InChI is InChI=1S/C12H26N4O3S/c1-9-5-7-12(8-6-9,10(13)14-17)16-20(18,19)15-11(2,3)4/h9,15-17H,5-8H2,1-4H3,(H2,13,14). The molecule has 0 unspecified atom stereocenters. The van der Waals surface area contributed by atoms with Crippen molar-refractivity contribution in [2.24, 2.45) is 16.8 Å². The molecule has 0 amide bonds. The minimum atomic E-state index is -3.74. The highest BCUT2D eigenvalue weighted by Crippen LogP contribution is 2.32. The maximum Gasteiger partial charge on any atom is 0.278 e. The molecule has 0 bridgehead atoms. The molecule has 0 atom stereocenters. The zero-order valence-corrected chi connectivity index (χ0v) is 13.4. The first-order valence-electron chi connectivity index (χ1n) is 6.80. The molecule has 0 aromatic heterocycles. The van der Waals surface area contributed by atoms with Crippen molar-refractivity contribution in [1.82, 2.24) is 9.44 Å². The Hall–Kier alpha value is -0.860. The average Bonchev–Trinajstić information content (AvgIpc) is 2.27. The first kappa shape index (κ1) is 17.2. The van der Waals surface area contributed by atoms with Crippen molar-refractivity contribution in [3.05, 3.63) is 0 Å². The molecule has 1 aliphatic carbocycles. The van der Waals surface area contributed by atoms with E-state index < -0.39 is 21.3 Å². The van der Waals surface area contributed by atoms with Gasteiger partial charge in [0.2, 0.25) is 0 Å². The van der Waals surface area contributed by atoms with Gasteiger partial charge in [0.1, 0.15) is 0 Å². The summed E-state index contributed by atoms with van der Waals surface area (Å²) in [6.45, 7) is 7.38. The highest BCUT2D eigenvalue weighted by Gasteiger charge is 2.42. The van der Waals surface area contributed by atoms with Gasteiger partial charge >= 0.3 is 0 Å². The first-order valence-corrected chi connectivity index (χ1v) is 8.29. The summed E-state index contributed by atoms with van der Waals surface area (Å²) >= 11 is 0. The van der Waals surface area contributed by atoms with Gasteiger partial charge < -0.3 is 10.9 Å². The molecule has 0 aromatic carbocycles. The monoisotopic (exact) mass is 306 g/mol. The zero-order chi connectivity index (χ0) is 15.6. The minimum absolute atomic E-state index is 0.0799. The summed E-state index contributed by atoms with van der Waals surface area (Å²) in [7, 11) is -3.74. The van der Waals surface area contributed by atoms with Crippen LogP contribution in [0.15, 0.2) is 5.16 Å². The summed E-state index contributed by atoms with van der Waals surface area (Å²) in [6, 6.07) is 0. The molecular formula is C12H26N4O3S. The van der Waals surface area contributed by atoms with E-state index in [1.54, 1.807) is 20.8 Å². The predicted octanol–water partition coefficient (Wildman–Crippen LogP) is 0.904. The van der Waals surface area contributed by atoms with E-state index in [0.717, 1.165) is 12.8 Å². The lowest BCUT2D eigenvalue weighted by Crippen LogP contribution is -2.62. The molecule has 0 saturated heterocycles. The van der Waals surface area contributed by atoms with E-state index in [9.17, 15) is 8.42 Å². The second kappa shape index (κ2) is 5.87. The number of oxime groups is 1. The Kier molecular flexibility index (Phi) is 5.04. The van der Waals surface area contributed by atoms with E-state index in [0.29, 0.717) is 18.8 Å². The first-order chi connectivity index (χ1) is 9.00. The lowest BCUT2D eigenvalue weighted by atomic mass is 9.77. The lowest BCUT2D eigenvalue weighted by molar-refractivity contribution is 0.265. The molecule has 1 aliphatic rings. The van der Waals surface area contributed by atoms with Crippen LogP contribution in [0.3, 0.4) is 0 Å². The summed E-state index contributed by atoms with van der Waals surface area (Å²) in [4.78, 5) is 0. The van der Waals surface area contributed by atoms with Gasteiger partial charge in [-0.2, -0.15) is 17.9 Å². The number of amidine groups is 1. The van der Waals surface area contributed by atoms with E-state index in [-0.39, 0.29) is 5.84 Å². The normalized spacial score (nSPS) is 29.4. The maximum absolute atomic E-state index is 12.2. The summed E-state index contributed by atoms with van der Waals surface area (Å²) in [5.74, 6) is 0.429. The zero-order valence-electron chi connectivity index (χ0n) is 12.6. The number of nitrogens with one attached hydrogen (secondary N) is 2. The second-order valence-electron chi connectivity index (χ2n) is 6.71. The second-order valence-corrected chi connectivity index (χ2v) is 8.12. The summed E-state index contributed by atoms with van der Waals surface area (Å²) in [6.07, 6.45) is 2.70. The van der Waals surface area contributed by atoms with Gasteiger partial charge in [0.15, 0.2) is 5.84 Å². The maximum atomic E-state index is 12.2. The molecule has 0 spiro atoms. The molecule has 0 aliphatic heterocycles. The SMILES string of the molecule is CC1CCC(NS(=O)(=O)NC(C)(C)C)(C(N)=NO)CC1. The summed E-state index contributed by atoms with van der Waals surface area (Å²) in [5.41, 5.74) is 4.15. The molecule has 0 radical (unpaired) electrons. The highest BCUT2D eigenvalue weighted by molar-refractivity contribution is 7.87.